The molecule has 0 spiro atoms. The molecule has 1 N–H and O–H groups in total. The first-order chi connectivity index (χ1) is 18.6. The number of aromatic nitrogens is 2. The molecule has 1 aromatic heterocycles. The number of fused-ring (bicyclic) bond motifs is 2. The highest BCUT2D eigenvalue weighted by Crippen LogP contribution is 2.34. The van der Waals surface area contributed by atoms with E-state index in [0.29, 0.717) is 51.8 Å². The molecule has 6 rings (SSSR count). The smallest absolute Gasteiger partial charge is 0.318 e. The summed E-state index contributed by atoms with van der Waals surface area (Å²) in [6.07, 6.45) is 3.47. The van der Waals surface area contributed by atoms with Crippen LogP contribution in [0, 0.1) is 0 Å². The van der Waals surface area contributed by atoms with Crippen LogP contribution in [0.4, 0.5) is 11.5 Å². The number of amides is 2. The van der Waals surface area contributed by atoms with E-state index in [1.165, 1.54) is 22.5 Å². The van der Waals surface area contributed by atoms with E-state index in [1.54, 1.807) is 0 Å². The minimum Gasteiger partial charge on any atom is -0.461 e. The Morgan fingerprint density at radius 3 is 2.63 bits per heavy atom. The Bertz CT molecular complexity index is 1380. The van der Waals surface area contributed by atoms with Crippen molar-refractivity contribution in [2.75, 3.05) is 49.1 Å². The third-order valence-corrected chi connectivity index (χ3v) is 7.69. The van der Waals surface area contributed by atoms with Crippen molar-refractivity contribution in [3.63, 3.8) is 0 Å². The Balaban J connectivity index is 1.29. The predicted octanol–water partition coefficient (Wildman–Crippen LogP) is 2.68. The topological polar surface area (TPSA) is 90.9 Å². The van der Waals surface area contributed by atoms with Gasteiger partial charge in [-0.15, -0.1) is 0 Å². The first-order valence-corrected chi connectivity index (χ1v) is 13.3. The SMILES string of the molecule is C=CC(=O)N1CCN(c2nc(OC[C@@H]3CCC(=O)N3)nc3c2CCN(c2cccc4ccccc24)C3)CC1. The van der Waals surface area contributed by atoms with Gasteiger partial charge in [0.1, 0.15) is 12.4 Å². The van der Waals surface area contributed by atoms with Gasteiger partial charge in [0.05, 0.1) is 18.3 Å². The van der Waals surface area contributed by atoms with Gasteiger partial charge in [0.2, 0.25) is 11.8 Å². The fraction of sp³-hybridized carbons (Fsp3) is 0.379. The van der Waals surface area contributed by atoms with Crippen molar-refractivity contribution in [1.82, 2.24) is 20.2 Å². The number of ether oxygens (including phenoxy) is 1. The molecule has 2 saturated heterocycles. The summed E-state index contributed by atoms with van der Waals surface area (Å²) < 4.78 is 6.06. The lowest BCUT2D eigenvalue weighted by atomic mass is 10.0. The van der Waals surface area contributed by atoms with Gasteiger partial charge in [-0.25, -0.2) is 0 Å². The van der Waals surface area contributed by atoms with E-state index in [1.807, 2.05) is 4.90 Å². The Morgan fingerprint density at radius 1 is 1.03 bits per heavy atom. The van der Waals surface area contributed by atoms with E-state index in [2.05, 4.69) is 64.2 Å². The second-order valence-corrected chi connectivity index (χ2v) is 10.1. The first kappa shape index (κ1) is 24.2. The maximum absolute atomic E-state index is 12.1. The van der Waals surface area contributed by atoms with Crippen molar-refractivity contribution >= 4 is 34.1 Å². The zero-order valence-electron chi connectivity index (χ0n) is 21.4. The maximum Gasteiger partial charge on any atom is 0.318 e. The molecule has 2 aromatic carbocycles. The Morgan fingerprint density at radius 2 is 1.84 bits per heavy atom. The number of nitrogens with zero attached hydrogens (tertiary/aromatic N) is 5. The molecule has 9 heteroatoms. The van der Waals surface area contributed by atoms with Gasteiger partial charge in [0.25, 0.3) is 0 Å². The van der Waals surface area contributed by atoms with E-state index in [4.69, 9.17) is 14.7 Å². The summed E-state index contributed by atoms with van der Waals surface area (Å²) >= 11 is 0. The monoisotopic (exact) mass is 512 g/mol. The highest BCUT2D eigenvalue weighted by atomic mass is 16.5. The fourth-order valence-electron chi connectivity index (χ4n) is 5.65. The standard InChI is InChI=1S/C29H32N6O3/c1-2-27(37)33-14-16-34(17-15-33)28-23-12-13-35(25-9-5-7-20-6-3-4-8-22(20)25)18-24(23)31-29(32-28)38-19-21-10-11-26(36)30-21/h2-9,21H,1,10-19H2,(H,30,36)/t21-/m0/s1. The van der Waals surface area contributed by atoms with Gasteiger partial charge in [-0.05, 0) is 30.4 Å². The van der Waals surface area contributed by atoms with Gasteiger partial charge in [0.15, 0.2) is 0 Å². The average molecular weight is 513 g/mol. The molecule has 1 atom stereocenters. The predicted molar refractivity (Wildman–Crippen MR) is 146 cm³/mol. The highest BCUT2D eigenvalue weighted by molar-refractivity contribution is 5.94. The quantitative estimate of drug-likeness (QED) is 0.508. The molecule has 196 valence electrons. The van der Waals surface area contributed by atoms with Gasteiger partial charge in [-0.1, -0.05) is 43.0 Å². The minimum atomic E-state index is -0.0391. The zero-order chi connectivity index (χ0) is 26.1. The van der Waals surface area contributed by atoms with Crippen LogP contribution in [0.15, 0.2) is 55.1 Å². The second-order valence-electron chi connectivity index (χ2n) is 10.1. The summed E-state index contributed by atoms with van der Waals surface area (Å²) in [6, 6.07) is 15.2. The Labute approximate surface area is 222 Å². The summed E-state index contributed by atoms with van der Waals surface area (Å²) in [5, 5.41) is 5.39. The number of rotatable bonds is 6. The lowest BCUT2D eigenvalue weighted by molar-refractivity contribution is -0.126. The summed E-state index contributed by atoms with van der Waals surface area (Å²) in [7, 11) is 0. The largest absolute Gasteiger partial charge is 0.461 e. The van der Waals surface area contributed by atoms with Crippen molar-refractivity contribution in [3.8, 4) is 6.01 Å². The van der Waals surface area contributed by atoms with Crippen molar-refractivity contribution < 1.29 is 14.3 Å². The number of hydrogen-bond donors (Lipinski definition) is 1. The lowest BCUT2D eigenvalue weighted by Gasteiger charge is -2.38. The van der Waals surface area contributed by atoms with Gasteiger partial charge in [0, 0.05) is 55.8 Å². The normalized spacial score (nSPS) is 19.3. The zero-order valence-corrected chi connectivity index (χ0v) is 21.4. The minimum absolute atomic E-state index is 0.0220. The molecule has 3 aliphatic heterocycles. The molecular weight excluding hydrogens is 480 g/mol. The average Bonchev–Trinajstić information content (AvgIpc) is 3.39. The van der Waals surface area contributed by atoms with Gasteiger partial charge in [-0.3, -0.25) is 9.59 Å². The van der Waals surface area contributed by atoms with E-state index in [-0.39, 0.29) is 17.9 Å². The van der Waals surface area contributed by atoms with E-state index in [0.717, 1.165) is 36.5 Å². The van der Waals surface area contributed by atoms with Gasteiger partial charge < -0.3 is 24.8 Å². The Kier molecular flexibility index (Phi) is 6.57. The van der Waals surface area contributed by atoms with Crippen LogP contribution in [-0.4, -0.2) is 72.1 Å². The number of benzene rings is 2. The molecule has 0 radical (unpaired) electrons. The van der Waals surface area contributed by atoms with Crippen LogP contribution in [0.25, 0.3) is 10.8 Å². The maximum atomic E-state index is 12.1. The third kappa shape index (κ3) is 4.76. The molecule has 38 heavy (non-hydrogen) atoms. The molecule has 2 amide bonds. The van der Waals surface area contributed by atoms with Crippen LogP contribution >= 0.6 is 0 Å². The number of carbonyl (C=O) groups is 2. The molecule has 4 heterocycles. The van der Waals surface area contributed by atoms with Gasteiger partial charge >= 0.3 is 6.01 Å². The van der Waals surface area contributed by atoms with Gasteiger partial charge in [-0.2, -0.15) is 9.97 Å². The van der Waals surface area contributed by atoms with Crippen molar-refractivity contribution in [3.05, 3.63) is 66.4 Å². The van der Waals surface area contributed by atoms with Crippen LogP contribution in [-0.2, 0) is 22.6 Å². The number of nitrogens with one attached hydrogen (secondary N) is 1. The highest BCUT2D eigenvalue weighted by Gasteiger charge is 2.29. The second kappa shape index (κ2) is 10.3. The summed E-state index contributed by atoms with van der Waals surface area (Å²) in [5.41, 5.74) is 3.30. The van der Waals surface area contributed by atoms with Crippen molar-refractivity contribution in [1.29, 1.82) is 0 Å². The van der Waals surface area contributed by atoms with Crippen molar-refractivity contribution in [2.24, 2.45) is 0 Å². The van der Waals surface area contributed by atoms with Crippen LogP contribution in [0.5, 0.6) is 6.01 Å². The van der Waals surface area contributed by atoms with E-state index < -0.39 is 0 Å². The van der Waals surface area contributed by atoms with Crippen molar-refractivity contribution in [2.45, 2.75) is 31.8 Å². The molecule has 0 unspecified atom stereocenters. The van der Waals surface area contributed by atoms with E-state index in [9.17, 15) is 9.59 Å². The summed E-state index contributed by atoms with van der Waals surface area (Å²) in [5.74, 6) is 0.912. The summed E-state index contributed by atoms with van der Waals surface area (Å²) in [4.78, 5) is 39.9. The Hall–Kier alpha value is -4.14. The molecule has 0 bridgehead atoms. The number of carbonyl (C=O) groups excluding carboxylic acids is 2. The van der Waals surface area contributed by atoms with Crippen LogP contribution in [0.3, 0.4) is 0 Å². The molecule has 3 aromatic rings. The van der Waals surface area contributed by atoms with E-state index >= 15 is 0 Å². The molecular formula is C29H32N6O3. The first-order valence-electron chi connectivity index (χ1n) is 13.3. The number of hydrogen-bond acceptors (Lipinski definition) is 7. The number of piperazine rings is 1. The molecule has 0 aliphatic carbocycles. The van der Waals surface area contributed by atoms with Crippen LogP contribution in [0.1, 0.15) is 24.1 Å². The molecule has 3 aliphatic rings. The summed E-state index contributed by atoms with van der Waals surface area (Å²) in [6.45, 7) is 8.10. The number of anilines is 2. The molecule has 9 nitrogen and oxygen atoms in total. The van der Waals surface area contributed by atoms with Crippen LogP contribution < -0.4 is 19.9 Å². The molecule has 2 fully saturated rings. The lowest BCUT2D eigenvalue weighted by Crippen LogP contribution is -2.49. The van der Waals surface area contributed by atoms with Crippen LogP contribution in [0.2, 0.25) is 0 Å². The third-order valence-electron chi connectivity index (χ3n) is 7.69. The molecule has 0 saturated carbocycles. The fourth-order valence-corrected chi connectivity index (χ4v) is 5.65.